The molecule has 1 aliphatic heterocycles. The van der Waals surface area contributed by atoms with Crippen molar-refractivity contribution in [3.8, 4) is 0 Å². The monoisotopic (exact) mass is 227 g/mol. The molecule has 0 atom stereocenters. The van der Waals surface area contributed by atoms with Crippen LogP contribution in [0.1, 0.15) is 4.88 Å². The van der Waals surface area contributed by atoms with Crippen molar-refractivity contribution in [2.24, 2.45) is 0 Å². The highest BCUT2D eigenvalue weighted by molar-refractivity contribution is 7.15. The Labute approximate surface area is 94.2 Å². The minimum absolute atomic E-state index is 0.260. The number of nitrogens with zero attached hydrogens (tertiary/aromatic N) is 3. The van der Waals surface area contributed by atoms with E-state index in [2.05, 4.69) is 21.7 Å². The van der Waals surface area contributed by atoms with Crippen LogP contribution in [0, 0.1) is 6.92 Å². The van der Waals surface area contributed by atoms with Crippen molar-refractivity contribution in [3.05, 3.63) is 11.1 Å². The van der Waals surface area contributed by atoms with Crippen molar-refractivity contribution < 1.29 is 5.11 Å². The predicted molar refractivity (Wildman–Crippen MR) is 62.6 cm³/mol. The Morgan fingerprint density at radius 2 is 2.13 bits per heavy atom. The molecular formula is C10H17N3OS. The minimum atomic E-state index is 0.260. The van der Waals surface area contributed by atoms with Gasteiger partial charge in [0.25, 0.3) is 0 Å². The van der Waals surface area contributed by atoms with E-state index in [1.165, 1.54) is 4.88 Å². The second-order valence-corrected chi connectivity index (χ2v) is 5.02. The lowest BCUT2D eigenvalue weighted by molar-refractivity contribution is 0.189. The molecule has 0 spiro atoms. The average molecular weight is 227 g/mol. The third kappa shape index (κ3) is 2.68. The van der Waals surface area contributed by atoms with Gasteiger partial charge in [0, 0.05) is 43.8 Å². The van der Waals surface area contributed by atoms with Gasteiger partial charge in [0.15, 0.2) is 5.13 Å². The van der Waals surface area contributed by atoms with Crippen molar-refractivity contribution >= 4 is 16.5 Å². The lowest BCUT2D eigenvalue weighted by atomic mass is 10.3. The summed E-state index contributed by atoms with van der Waals surface area (Å²) in [4.78, 5) is 10.3. The number of rotatable bonds is 3. The Morgan fingerprint density at radius 3 is 2.67 bits per heavy atom. The lowest BCUT2D eigenvalue weighted by Crippen LogP contribution is -2.47. The van der Waals surface area contributed by atoms with Crippen molar-refractivity contribution in [2.75, 3.05) is 44.2 Å². The third-order valence-electron chi connectivity index (χ3n) is 2.67. The van der Waals surface area contributed by atoms with Crippen LogP contribution in [0.2, 0.25) is 0 Å². The molecule has 0 saturated carbocycles. The summed E-state index contributed by atoms with van der Waals surface area (Å²) in [6.07, 6.45) is 1.93. The van der Waals surface area contributed by atoms with Crippen LogP contribution in [-0.4, -0.2) is 54.3 Å². The van der Waals surface area contributed by atoms with Gasteiger partial charge in [-0.25, -0.2) is 4.98 Å². The standard InChI is InChI=1S/C10H17N3OS/c1-9-8-11-10(15-9)13-4-2-12(3-5-13)6-7-14/h8,14H,2-7H2,1H3. The van der Waals surface area contributed by atoms with Gasteiger partial charge in [-0.2, -0.15) is 0 Å². The van der Waals surface area contributed by atoms with E-state index in [1.807, 2.05) is 6.20 Å². The van der Waals surface area contributed by atoms with Crippen molar-refractivity contribution in [2.45, 2.75) is 6.92 Å². The zero-order chi connectivity index (χ0) is 10.7. The van der Waals surface area contributed by atoms with Crippen LogP contribution < -0.4 is 4.90 Å². The van der Waals surface area contributed by atoms with Crippen LogP contribution in [-0.2, 0) is 0 Å². The number of piperazine rings is 1. The van der Waals surface area contributed by atoms with Gasteiger partial charge in [0.1, 0.15) is 0 Å². The molecule has 0 amide bonds. The van der Waals surface area contributed by atoms with Crippen molar-refractivity contribution in [1.82, 2.24) is 9.88 Å². The molecular weight excluding hydrogens is 210 g/mol. The molecule has 0 unspecified atom stereocenters. The van der Waals surface area contributed by atoms with Gasteiger partial charge < -0.3 is 10.0 Å². The average Bonchev–Trinajstić information content (AvgIpc) is 2.67. The van der Waals surface area contributed by atoms with Gasteiger partial charge in [-0.05, 0) is 6.92 Å². The first-order valence-corrected chi connectivity index (χ1v) is 6.12. The molecule has 0 bridgehead atoms. The maximum Gasteiger partial charge on any atom is 0.185 e. The normalized spacial score (nSPS) is 18.4. The molecule has 1 aliphatic rings. The van der Waals surface area contributed by atoms with Crippen LogP contribution in [0.3, 0.4) is 0 Å². The molecule has 2 rings (SSSR count). The molecule has 1 aromatic heterocycles. The molecule has 5 heteroatoms. The number of aliphatic hydroxyl groups is 1. The highest BCUT2D eigenvalue weighted by Crippen LogP contribution is 2.22. The van der Waals surface area contributed by atoms with Crippen LogP contribution >= 0.6 is 11.3 Å². The molecule has 1 N–H and O–H groups in total. The molecule has 15 heavy (non-hydrogen) atoms. The second-order valence-electron chi connectivity index (χ2n) is 3.81. The van der Waals surface area contributed by atoms with Crippen LogP contribution in [0.5, 0.6) is 0 Å². The highest BCUT2D eigenvalue weighted by Gasteiger charge is 2.18. The van der Waals surface area contributed by atoms with Crippen molar-refractivity contribution in [1.29, 1.82) is 0 Å². The zero-order valence-corrected chi connectivity index (χ0v) is 9.83. The maximum absolute atomic E-state index is 8.84. The minimum Gasteiger partial charge on any atom is -0.395 e. The Balaban J connectivity index is 1.88. The van der Waals surface area contributed by atoms with E-state index < -0.39 is 0 Å². The summed E-state index contributed by atoms with van der Waals surface area (Å²) in [7, 11) is 0. The Morgan fingerprint density at radius 1 is 1.40 bits per heavy atom. The van der Waals surface area contributed by atoms with Gasteiger partial charge >= 0.3 is 0 Å². The number of aryl methyl sites for hydroxylation is 1. The summed E-state index contributed by atoms with van der Waals surface area (Å²) in [5.41, 5.74) is 0. The molecule has 0 radical (unpaired) electrons. The van der Waals surface area contributed by atoms with E-state index in [4.69, 9.17) is 5.11 Å². The topological polar surface area (TPSA) is 39.6 Å². The van der Waals surface area contributed by atoms with E-state index in [9.17, 15) is 0 Å². The van der Waals surface area contributed by atoms with Crippen LogP contribution in [0.4, 0.5) is 5.13 Å². The van der Waals surface area contributed by atoms with Crippen LogP contribution in [0.15, 0.2) is 6.20 Å². The van der Waals surface area contributed by atoms with E-state index in [-0.39, 0.29) is 6.61 Å². The largest absolute Gasteiger partial charge is 0.395 e. The molecule has 0 aliphatic carbocycles. The van der Waals surface area contributed by atoms with Crippen molar-refractivity contribution in [3.63, 3.8) is 0 Å². The fraction of sp³-hybridized carbons (Fsp3) is 0.700. The third-order valence-corrected chi connectivity index (χ3v) is 3.64. The van der Waals surface area contributed by atoms with Gasteiger partial charge in [0.2, 0.25) is 0 Å². The molecule has 1 fully saturated rings. The van der Waals surface area contributed by atoms with Gasteiger partial charge in [0.05, 0.1) is 6.61 Å². The van der Waals surface area contributed by atoms with Crippen LogP contribution in [0.25, 0.3) is 0 Å². The predicted octanol–water partition coefficient (Wildman–Crippen LogP) is 0.566. The molecule has 1 saturated heterocycles. The summed E-state index contributed by atoms with van der Waals surface area (Å²) in [6, 6.07) is 0. The summed E-state index contributed by atoms with van der Waals surface area (Å²) >= 11 is 1.76. The maximum atomic E-state index is 8.84. The van der Waals surface area contributed by atoms with E-state index >= 15 is 0 Å². The second kappa shape index (κ2) is 4.92. The van der Waals surface area contributed by atoms with Gasteiger partial charge in [-0.3, -0.25) is 4.90 Å². The summed E-state index contributed by atoms with van der Waals surface area (Å²) < 4.78 is 0. The van der Waals surface area contributed by atoms with E-state index in [0.29, 0.717) is 0 Å². The summed E-state index contributed by atoms with van der Waals surface area (Å²) in [5, 5.41) is 9.97. The first kappa shape index (κ1) is 10.9. The molecule has 84 valence electrons. The fourth-order valence-corrected chi connectivity index (χ4v) is 2.60. The number of hydrogen-bond donors (Lipinski definition) is 1. The molecule has 0 aromatic carbocycles. The fourth-order valence-electron chi connectivity index (χ4n) is 1.79. The number of aliphatic hydroxyl groups excluding tert-OH is 1. The first-order chi connectivity index (χ1) is 7.29. The Hall–Kier alpha value is -0.650. The van der Waals surface area contributed by atoms with E-state index in [1.54, 1.807) is 11.3 Å². The lowest BCUT2D eigenvalue weighted by Gasteiger charge is -2.34. The number of aromatic nitrogens is 1. The molecule has 4 nitrogen and oxygen atoms in total. The quantitative estimate of drug-likeness (QED) is 0.819. The number of anilines is 1. The van der Waals surface area contributed by atoms with Gasteiger partial charge in [-0.1, -0.05) is 0 Å². The molecule has 1 aromatic rings. The number of β-amino-alcohol motifs (C(OH)–C–C–N with tert-alkyl or cyclic N) is 1. The van der Waals surface area contributed by atoms with E-state index in [0.717, 1.165) is 37.9 Å². The number of hydrogen-bond acceptors (Lipinski definition) is 5. The van der Waals surface area contributed by atoms with Gasteiger partial charge in [-0.15, -0.1) is 11.3 Å². The zero-order valence-electron chi connectivity index (χ0n) is 9.02. The Kier molecular flexibility index (Phi) is 3.56. The summed E-state index contributed by atoms with van der Waals surface area (Å²) in [5.74, 6) is 0. The smallest absolute Gasteiger partial charge is 0.185 e. The first-order valence-electron chi connectivity index (χ1n) is 5.30. The molecule has 2 heterocycles. The highest BCUT2D eigenvalue weighted by atomic mass is 32.1. The Bertz CT molecular complexity index is 307. The SMILES string of the molecule is Cc1cnc(N2CCN(CCO)CC2)s1. The number of thiazole rings is 1. The summed E-state index contributed by atoms with van der Waals surface area (Å²) in [6.45, 7) is 7.24.